The van der Waals surface area contributed by atoms with Crippen LogP contribution in [0.1, 0.15) is 48.2 Å². The molecule has 0 radical (unpaired) electrons. The topological polar surface area (TPSA) is 66.5 Å². The van der Waals surface area contributed by atoms with Gasteiger partial charge in [-0.1, -0.05) is 6.07 Å². The Labute approximate surface area is 141 Å². The summed E-state index contributed by atoms with van der Waals surface area (Å²) in [5.74, 6) is -0.117. The average molecular weight is 336 g/mol. The van der Waals surface area contributed by atoms with Gasteiger partial charge < -0.3 is 10.2 Å². The predicted molar refractivity (Wildman–Crippen MR) is 90.8 cm³/mol. The average Bonchev–Trinajstić information content (AvgIpc) is 3.25. The third-order valence-corrected chi connectivity index (χ3v) is 4.93. The summed E-state index contributed by atoms with van der Waals surface area (Å²) in [5.41, 5.74) is 0. The Balaban J connectivity index is 1.53. The molecule has 1 fully saturated rings. The van der Waals surface area contributed by atoms with Crippen LogP contribution in [0.2, 0.25) is 0 Å². The molecule has 0 aliphatic heterocycles. The van der Waals surface area contributed by atoms with E-state index in [2.05, 4.69) is 17.3 Å². The van der Waals surface area contributed by atoms with E-state index in [1.807, 2.05) is 11.4 Å². The quantitative estimate of drug-likeness (QED) is 0.630. The Bertz CT molecular complexity index is 538. The van der Waals surface area contributed by atoms with Gasteiger partial charge in [-0.15, -0.1) is 11.3 Å². The molecule has 2 rings (SSSR count). The van der Waals surface area contributed by atoms with Gasteiger partial charge in [0.15, 0.2) is 5.78 Å². The van der Waals surface area contributed by atoms with E-state index >= 15 is 0 Å². The fourth-order valence-corrected chi connectivity index (χ4v) is 3.04. The molecule has 0 aromatic carbocycles. The van der Waals surface area contributed by atoms with Crippen LogP contribution < -0.4 is 5.32 Å². The second kappa shape index (κ2) is 8.93. The minimum absolute atomic E-state index is 0.000847. The van der Waals surface area contributed by atoms with Crippen LogP contribution >= 0.6 is 11.3 Å². The van der Waals surface area contributed by atoms with Crippen molar-refractivity contribution in [2.75, 3.05) is 20.1 Å². The van der Waals surface area contributed by atoms with Crippen LogP contribution in [0.15, 0.2) is 17.5 Å². The first-order valence-corrected chi connectivity index (χ1v) is 8.99. The summed E-state index contributed by atoms with van der Waals surface area (Å²) >= 11 is 1.39. The minimum Gasteiger partial charge on any atom is -0.355 e. The summed E-state index contributed by atoms with van der Waals surface area (Å²) in [6.45, 7) is 1.47. The van der Waals surface area contributed by atoms with Crippen molar-refractivity contribution in [1.29, 1.82) is 0 Å². The second-order valence-electron chi connectivity index (χ2n) is 6.00. The highest BCUT2D eigenvalue weighted by Crippen LogP contribution is 2.24. The molecule has 23 heavy (non-hydrogen) atoms. The van der Waals surface area contributed by atoms with E-state index in [0.717, 1.165) is 6.54 Å². The molecule has 0 spiro atoms. The fraction of sp³-hybridized carbons (Fsp3) is 0.588. The normalized spacial score (nSPS) is 14.0. The molecular weight excluding hydrogens is 312 g/mol. The van der Waals surface area contributed by atoms with E-state index in [4.69, 9.17) is 0 Å². The lowest BCUT2D eigenvalue weighted by atomic mass is 10.1. The number of amides is 1. The zero-order chi connectivity index (χ0) is 16.7. The van der Waals surface area contributed by atoms with E-state index in [1.54, 1.807) is 6.07 Å². The van der Waals surface area contributed by atoms with Crippen molar-refractivity contribution in [3.8, 4) is 0 Å². The SMILES string of the molecule is CN(CCNC(=O)CCC(=O)CCC(=O)c1cccs1)C1CC1. The Morgan fingerprint density at radius 3 is 2.61 bits per heavy atom. The Morgan fingerprint density at radius 2 is 1.96 bits per heavy atom. The van der Waals surface area contributed by atoms with Crippen molar-refractivity contribution in [3.63, 3.8) is 0 Å². The predicted octanol–water partition coefficient (Wildman–Crippen LogP) is 2.27. The van der Waals surface area contributed by atoms with E-state index in [9.17, 15) is 14.4 Å². The molecule has 1 aliphatic rings. The maximum atomic E-state index is 11.8. The fourth-order valence-electron chi connectivity index (χ4n) is 2.35. The number of likely N-dealkylation sites (N-methyl/N-ethyl adjacent to an activating group) is 1. The zero-order valence-electron chi connectivity index (χ0n) is 13.5. The highest BCUT2D eigenvalue weighted by Gasteiger charge is 2.25. The first-order chi connectivity index (χ1) is 11.1. The van der Waals surface area contributed by atoms with Gasteiger partial charge in [0.25, 0.3) is 0 Å². The van der Waals surface area contributed by atoms with Crippen LogP contribution in [0.25, 0.3) is 0 Å². The monoisotopic (exact) mass is 336 g/mol. The number of carbonyl (C=O) groups excluding carboxylic acids is 3. The lowest BCUT2D eigenvalue weighted by molar-refractivity contribution is -0.125. The van der Waals surface area contributed by atoms with E-state index < -0.39 is 0 Å². The number of hydrogen-bond donors (Lipinski definition) is 1. The summed E-state index contributed by atoms with van der Waals surface area (Å²) in [6, 6.07) is 4.28. The van der Waals surface area contributed by atoms with Gasteiger partial charge in [0.1, 0.15) is 5.78 Å². The molecule has 126 valence electrons. The van der Waals surface area contributed by atoms with Gasteiger partial charge in [-0.2, -0.15) is 0 Å². The van der Waals surface area contributed by atoms with Crippen molar-refractivity contribution in [2.45, 2.75) is 44.6 Å². The summed E-state index contributed by atoms with van der Waals surface area (Å²) in [6.07, 6.45) is 3.37. The summed E-state index contributed by atoms with van der Waals surface area (Å²) in [4.78, 5) is 38.2. The van der Waals surface area contributed by atoms with Crippen molar-refractivity contribution >= 4 is 28.8 Å². The molecule has 1 saturated carbocycles. The molecule has 0 bridgehead atoms. The summed E-state index contributed by atoms with van der Waals surface area (Å²) < 4.78 is 0. The highest BCUT2D eigenvalue weighted by molar-refractivity contribution is 7.12. The number of thiophene rings is 1. The van der Waals surface area contributed by atoms with Crippen LogP contribution in [-0.2, 0) is 9.59 Å². The Morgan fingerprint density at radius 1 is 1.22 bits per heavy atom. The van der Waals surface area contributed by atoms with E-state index in [0.29, 0.717) is 17.5 Å². The van der Waals surface area contributed by atoms with Crippen LogP contribution in [0, 0.1) is 0 Å². The standard InChI is InChI=1S/C17H24N2O3S/c1-19(13-4-5-13)11-10-18-17(22)9-7-14(20)6-8-15(21)16-3-2-12-23-16/h2-3,12-13H,4-11H2,1H3,(H,18,22). The molecule has 6 heteroatoms. The van der Waals surface area contributed by atoms with Crippen LogP contribution in [0.4, 0.5) is 0 Å². The molecule has 5 nitrogen and oxygen atoms in total. The van der Waals surface area contributed by atoms with Gasteiger partial charge in [-0.05, 0) is 31.3 Å². The van der Waals surface area contributed by atoms with Crippen LogP contribution in [0.5, 0.6) is 0 Å². The first kappa shape index (κ1) is 17.8. The van der Waals surface area contributed by atoms with Gasteiger partial charge in [0.2, 0.25) is 5.91 Å². The number of nitrogens with zero attached hydrogens (tertiary/aromatic N) is 1. The van der Waals surface area contributed by atoms with Crippen molar-refractivity contribution in [2.24, 2.45) is 0 Å². The Kier molecular flexibility index (Phi) is 6.92. The summed E-state index contributed by atoms with van der Waals surface area (Å²) in [7, 11) is 2.07. The highest BCUT2D eigenvalue weighted by atomic mass is 32.1. The van der Waals surface area contributed by atoms with Gasteiger partial charge in [-0.25, -0.2) is 0 Å². The molecule has 1 aromatic heterocycles. The zero-order valence-corrected chi connectivity index (χ0v) is 14.4. The third-order valence-electron chi connectivity index (χ3n) is 4.01. The van der Waals surface area contributed by atoms with Crippen molar-refractivity contribution in [3.05, 3.63) is 22.4 Å². The number of ketones is 2. The largest absolute Gasteiger partial charge is 0.355 e. The van der Waals surface area contributed by atoms with Crippen LogP contribution in [0.3, 0.4) is 0 Å². The molecule has 1 N–H and O–H groups in total. The molecule has 1 amide bonds. The third kappa shape index (κ3) is 6.62. The van der Waals surface area contributed by atoms with Gasteiger partial charge >= 0.3 is 0 Å². The first-order valence-electron chi connectivity index (χ1n) is 8.11. The maximum absolute atomic E-state index is 11.8. The number of rotatable bonds is 11. The lowest BCUT2D eigenvalue weighted by Crippen LogP contribution is -2.34. The molecule has 0 atom stereocenters. The van der Waals surface area contributed by atoms with Gasteiger partial charge in [0.05, 0.1) is 4.88 Å². The molecule has 1 heterocycles. The number of carbonyl (C=O) groups is 3. The Hall–Kier alpha value is -1.53. The second-order valence-corrected chi connectivity index (χ2v) is 6.95. The van der Waals surface area contributed by atoms with Crippen LogP contribution in [-0.4, -0.2) is 48.6 Å². The van der Waals surface area contributed by atoms with Crippen molar-refractivity contribution in [1.82, 2.24) is 10.2 Å². The minimum atomic E-state index is -0.0906. The number of hydrogen-bond acceptors (Lipinski definition) is 5. The van der Waals surface area contributed by atoms with Gasteiger partial charge in [0, 0.05) is 44.8 Å². The number of nitrogens with one attached hydrogen (secondary N) is 1. The van der Waals surface area contributed by atoms with Gasteiger partial charge in [-0.3, -0.25) is 14.4 Å². The molecule has 0 saturated heterocycles. The lowest BCUT2D eigenvalue weighted by Gasteiger charge is -2.15. The summed E-state index contributed by atoms with van der Waals surface area (Å²) in [5, 5.41) is 4.69. The molecule has 0 unspecified atom stereocenters. The number of Topliss-reactive ketones (excluding diaryl/α,β-unsaturated/α-hetero) is 2. The van der Waals surface area contributed by atoms with E-state index in [1.165, 1.54) is 24.2 Å². The maximum Gasteiger partial charge on any atom is 0.220 e. The smallest absolute Gasteiger partial charge is 0.220 e. The van der Waals surface area contributed by atoms with Crippen molar-refractivity contribution < 1.29 is 14.4 Å². The molecule has 1 aliphatic carbocycles. The molecule has 1 aromatic rings. The van der Waals surface area contributed by atoms with E-state index in [-0.39, 0.29) is 43.2 Å². The molecular formula is C17H24N2O3S.